The van der Waals surface area contributed by atoms with Gasteiger partial charge in [-0.2, -0.15) is 0 Å². The fraction of sp³-hybridized carbons (Fsp3) is 0.182. The maximum atomic E-state index is 13.4. The predicted octanol–water partition coefficient (Wildman–Crippen LogP) is 5.61. The molecule has 0 amide bonds. The van der Waals surface area contributed by atoms with Gasteiger partial charge >= 0.3 is 0 Å². The number of nitrogens with zero attached hydrogens (tertiary/aromatic N) is 2. The molecule has 0 N–H and O–H groups in total. The van der Waals surface area contributed by atoms with Gasteiger partial charge in [0.1, 0.15) is 5.15 Å². The first kappa shape index (κ1) is 22.3. The smallest absolute Gasteiger partial charge is 0.264 e. The molecule has 0 saturated carbocycles. The van der Waals surface area contributed by atoms with E-state index < -0.39 is 10.0 Å². The van der Waals surface area contributed by atoms with E-state index in [1.807, 2.05) is 6.92 Å². The number of pyridine rings is 1. The number of benzene rings is 2. The summed E-state index contributed by atoms with van der Waals surface area (Å²) in [6, 6.07) is 15.7. The highest BCUT2D eigenvalue weighted by atomic mass is 35.5. The van der Waals surface area contributed by atoms with Gasteiger partial charge in [0.15, 0.2) is 5.78 Å². The van der Waals surface area contributed by atoms with Crippen LogP contribution in [0.25, 0.3) is 0 Å². The Morgan fingerprint density at radius 3 is 2.43 bits per heavy atom. The minimum Gasteiger partial charge on any atom is -0.289 e. The molecule has 8 heteroatoms. The molecule has 0 bridgehead atoms. The molecule has 3 rings (SSSR count). The Bertz CT molecular complexity index is 1150. The zero-order chi connectivity index (χ0) is 21.7. The molecule has 30 heavy (non-hydrogen) atoms. The number of hydrogen-bond acceptors (Lipinski definition) is 4. The van der Waals surface area contributed by atoms with Gasteiger partial charge in [-0.05, 0) is 48.9 Å². The molecular weight excluding hydrogens is 443 g/mol. The molecule has 0 radical (unpaired) electrons. The van der Waals surface area contributed by atoms with Gasteiger partial charge in [0, 0.05) is 28.9 Å². The normalized spacial score (nSPS) is 11.3. The third-order valence-electron chi connectivity index (χ3n) is 4.51. The molecule has 1 aromatic heterocycles. The van der Waals surface area contributed by atoms with Gasteiger partial charge in [0.05, 0.1) is 10.6 Å². The van der Waals surface area contributed by atoms with Crippen LogP contribution in [0, 0.1) is 0 Å². The fourth-order valence-corrected chi connectivity index (χ4v) is 4.89. The third kappa shape index (κ3) is 4.83. The van der Waals surface area contributed by atoms with Crippen molar-refractivity contribution in [2.45, 2.75) is 24.7 Å². The number of aromatic nitrogens is 1. The van der Waals surface area contributed by atoms with E-state index in [-0.39, 0.29) is 33.6 Å². The van der Waals surface area contributed by atoms with E-state index in [1.54, 1.807) is 30.3 Å². The van der Waals surface area contributed by atoms with E-state index in [1.165, 1.54) is 40.8 Å². The molecular formula is C22H20Cl2N2O3S. The summed E-state index contributed by atoms with van der Waals surface area (Å²) in [5.41, 5.74) is 0.751. The maximum Gasteiger partial charge on any atom is 0.264 e. The summed E-state index contributed by atoms with van der Waals surface area (Å²) in [6.07, 6.45) is 2.84. The molecule has 0 aliphatic carbocycles. The van der Waals surface area contributed by atoms with Gasteiger partial charge in [0.25, 0.3) is 10.0 Å². The summed E-state index contributed by atoms with van der Waals surface area (Å²) in [4.78, 5) is 17.3. The Morgan fingerprint density at radius 1 is 1.03 bits per heavy atom. The van der Waals surface area contributed by atoms with Crippen molar-refractivity contribution >= 4 is 44.7 Å². The second-order valence-electron chi connectivity index (χ2n) is 6.60. The molecule has 0 unspecified atom stereocenters. The van der Waals surface area contributed by atoms with Crippen molar-refractivity contribution in [3.8, 4) is 0 Å². The highest BCUT2D eigenvalue weighted by Crippen LogP contribution is 2.31. The van der Waals surface area contributed by atoms with E-state index in [9.17, 15) is 13.2 Å². The Kier molecular flexibility index (Phi) is 7.13. The van der Waals surface area contributed by atoms with Gasteiger partial charge in [-0.3, -0.25) is 9.10 Å². The van der Waals surface area contributed by atoms with Crippen LogP contribution in [0.5, 0.6) is 0 Å². The average molecular weight is 463 g/mol. The van der Waals surface area contributed by atoms with Gasteiger partial charge in [0.2, 0.25) is 0 Å². The van der Waals surface area contributed by atoms with Crippen LogP contribution in [0.3, 0.4) is 0 Å². The molecule has 3 aromatic rings. The summed E-state index contributed by atoms with van der Waals surface area (Å²) in [6.45, 7) is 2.20. The predicted molar refractivity (Wildman–Crippen MR) is 120 cm³/mol. The van der Waals surface area contributed by atoms with E-state index in [2.05, 4.69) is 4.98 Å². The van der Waals surface area contributed by atoms with E-state index in [0.717, 1.165) is 6.42 Å². The standard InChI is InChI=1S/C22H20Cl2N2O3S/c1-2-3-13-26(30(28,29)18-7-5-4-6-8-18)20-10-9-17(23)15-19(20)22(27)16-11-12-25-21(24)14-16/h4-12,14-15H,2-3,13H2,1H3. The number of sulfonamides is 1. The zero-order valence-electron chi connectivity index (χ0n) is 16.3. The molecule has 0 saturated heterocycles. The number of unbranched alkanes of at least 4 members (excludes halogenated alkanes) is 1. The Balaban J connectivity index is 2.16. The van der Waals surface area contributed by atoms with Crippen molar-refractivity contribution in [3.05, 3.63) is 88.2 Å². The van der Waals surface area contributed by atoms with Crippen LogP contribution in [0.2, 0.25) is 10.2 Å². The summed E-state index contributed by atoms with van der Waals surface area (Å²) in [5.74, 6) is -0.387. The highest BCUT2D eigenvalue weighted by molar-refractivity contribution is 7.92. The molecule has 5 nitrogen and oxygen atoms in total. The summed E-state index contributed by atoms with van der Waals surface area (Å²) in [7, 11) is -3.89. The molecule has 2 aromatic carbocycles. The third-order valence-corrected chi connectivity index (χ3v) is 6.78. The number of anilines is 1. The van der Waals surface area contributed by atoms with Crippen LogP contribution in [0.15, 0.2) is 71.8 Å². The Labute approximate surface area is 186 Å². The van der Waals surface area contributed by atoms with Crippen molar-refractivity contribution in [2.75, 3.05) is 10.8 Å². The van der Waals surface area contributed by atoms with Gasteiger partial charge < -0.3 is 0 Å². The molecule has 1 heterocycles. The number of ketones is 1. The van der Waals surface area contributed by atoms with Gasteiger partial charge in [-0.15, -0.1) is 0 Å². The first-order chi connectivity index (χ1) is 14.3. The first-order valence-electron chi connectivity index (χ1n) is 9.38. The lowest BCUT2D eigenvalue weighted by atomic mass is 10.0. The van der Waals surface area contributed by atoms with Gasteiger partial charge in [-0.1, -0.05) is 54.7 Å². The van der Waals surface area contributed by atoms with Crippen LogP contribution >= 0.6 is 23.2 Å². The van der Waals surface area contributed by atoms with Crippen molar-refractivity contribution in [2.24, 2.45) is 0 Å². The van der Waals surface area contributed by atoms with Crippen LogP contribution in [0.4, 0.5) is 5.69 Å². The highest BCUT2D eigenvalue weighted by Gasteiger charge is 2.28. The number of hydrogen-bond donors (Lipinski definition) is 0. The maximum absolute atomic E-state index is 13.4. The lowest BCUT2D eigenvalue weighted by Crippen LogP contribution is -2.33. The van der Waals surface area contributed by atoms with Gasteiger partial charge in [-0.25, -0.2) is 13.4 Å². The lowest BCUT2D eigenvalue weighted by Gasteiger charge is -2.26. The molecule has 156 valence electrons. The molecule has 0 spiro atoms. The zero-order valence-corrected chi connectivity index (χ0v) is 18.6. The largest absolute Gasteiger partial charge is 0.289 e. The Morgan fingerprint density at radius 2 is 1.77 bits per heavy atom. The molecule has 0 atom stereocenters. The average Bonchev–Trinajstić information content (AvgIpc) is 2.74. The van der Waals surface area contributed by atoms with Crippen LogP contribution < -0.4 is 4.31 Å². The lowest BCUT2D eigenvalue weighted by molar-refractivity contribution is 0.103. The van der Waals surface area contributed by atoms with E-state index in [4.69, 9.17) is 23.2 Å². The summed E-state index contributed by atoms with van der Waals surface area (Å²) >= 11 is 12.1. The first-order valence-corrected chi connectivity index (χ1v) is 11.6. The van der Waals surface area contributed by atoms with E-state index in [0.29, 0.717) is 17.0 Å². The van der Waals surface area contributed by atoms with Crippen LogP contribution in [0.1, 0.15) is 35.7 Å². The SMILES string of the molecule is CCCCN(c1ccc(Cl)cc1C(=O)c1ccnc(Cl)c1)S(=O)(=O)c1ccccc1. The summed E-state index contributed by atoms with van der Waals surface area (Å²) in [5, 5.41) is 0.499. The number of rotatable bonds is 8. The fourth-order valence-electron chi connectivity index (χ4n) is 3.00. The van der Waals surface area contributed by atoms with E-state index >= 15 is 0 Å². The van der Waals surface area contributed by atoms with Crippen molar-refractivity contribution < 1.29 is 13.2 Å². The molecule has 0 aliphatic heterocycles. The van der Waals surface area contributed by atoms with Crippen molar-refractivity contribution in [1.82, 2.24) is 4.98 Å². The topological polar surface area (TPSA) is 67.3 Å². The summed E-state index contributed by atoms with van der Waals surface area (Å²) < 4.78 is 28.2. The minimum absolute atomic E-state index is 0.154. The monoisotopic (exact) mass is 462 g/mol. The number of carbonyl (C=O) groups is 1. The second-order valence-corrected chi connectivity index (χ2v) is 9.29. The quantitative estimate of drug-likeness (QED) is 0.322. The Hall–Kier alpha value is -2.41. The number of halogens is 2. The minimum atomic E-state index is -3.89. The van der Waals surface area contributed by atoms with Crippen LogP contribution in [-0.4, -0.2) is 25.7 Å². The second kappa shape index (κ2) is 9.60. The van der Waals surface area contributed by atoms with Crippen molar-refractivity contribution in [3.63, 3.8) is 0 Å². The molecule has 0 aliphatic rings. The number of carbonyl (C=O) groups excluding carboxylic acids is 1. The van der Waals surface area contributed by atoms with Crippen LogP contribution in [-0.2, 0) is 10.0 Å². The van der Waals surface area contributed by atoms with Crippen molar-refractivity contribution in [1.29, 1.82) is 0 Å². The molecule has 0 fully saturated rings.